The number of rotatable bonds is 5. The number of nitrogens with one attached hydrogen (secondary N) is 1. The van der Waals surface area contributed by atoms with E-state index in [0.29, 0.717) is 15.9 Å². The predicted molar refractivity (Wildman–Crippen MR) is 104 cm³/mol. The van der Waals surface area contributed by atoms with Crippen LogP contribution in [0.1, 0.15) is 11.8 Å². The smallest absolute Gasteiger partial charge is 0.381 e. The van der Waals surface area contributed by atoms with Gasteiger partial charge in [-0.25, -0.2) is 13.6 Å². The van der Waals surface area contributed by atoms with E-state index in [4.69, 9.17) is 30.1 Å². The Bertz CT molecular complexity index is 1140. The van der Waals surface area contributed by atoms with Crippen LogP contribution < -0.4 is 15.8 Å². The SMILES string of the molecule is O=c1ccn([C@@H]2O[C@@](COP3(=S)OCc4ccccc4O3)(C(F)F)[C@@H](O)[C@@H]2O)c(=O)[nH]1. The summed E-state index contributed by atoms with van der Waals surface area (Å²) >= 11 is 5.23. The van der Waals surface area contributed by atoms with Gasteiger partial charge in [0.05, 0.1) is 13.2 Å². The average molecular weight is 478 g/mol. The van der Waals surface area contributed by atoms with Gasteiger partial charge in [-0.15, -0.1) is 0 Å². The molecule has 1 fully saturated rings. The summed E-state index contributed by atoms with van der Waals surface area (Å²) in [6.45, 7) is -4.47. The van der Waals surface area contributed by atoms with E-state index in [1.165, 1.54) is 0 Å². The molecule has 2 aliphatic rings. The minimum atomic E-state index is -3.52. The van der Waals surface area contributed by atoms with Crippen molar-refractivity contribution in [1.82, 2.24) is 9.55 Å². The first kappa shape index (κ1) is 22.2. The zero-order chi connectivity index (χ0) is 22.4. The fourth-order valence-corrected chi connectivity index (χ4v) is 5.09. The lowest BCUT2D eigenvalue weighted by molar-refractivity contribution is -0.193. The van der Waals surface area contributed by atoms with Crippen LogP contribution in [0.4, 0.5) is 8.78 Å². The lowest BCUT2D eigenvalue weighted by Crippen LogP contribution is -2.52. The number of H-pyrrole nitrogens is 1. The summed E-state index contributed by atoms with van der Waals surface area (Å²) in [6.07, 6.45) is -8.20. The van der Waals surface area contributed by atoms with Crippen molar-refractivity contribution >= 4 is 18.5 Å². The molecule has 0 radical (unpaired) electrons. The summed E-state index contributed by atoms with van der Waals surface area (Å²) in [5.74, 6) is 0.383. The molecule has 1 aromatic carbocycles. The quantitative estimate of drug-likeness (QED) is 0.530. The molecule has 3 heterocycles. The molecule has 0 saturated carbocycles. The van der Waals surface area contributed by atoms with Crippen LogP contribution in [-0.2, 0) is 32.2 Å². The first-order chi connectivity index (χ1) is 14.7. The number of aliphatic hydroxyl groups is 2. The number of para-hydroxylation sites is 1. The van der Waals surface area contributed by atoms with Gasteiger partial charge in [-0.2, -0.15) is 0 Å². The van der Waals surface area contributed by atoms with E-state index in [2.05, 4.69) is 0 Å². The molecule has 0 aliphatic carbocycles. The molecule has 5 atom stereocenters. The van der Waals surface area contributed by atoms with Crippen molar-refractivity contribution in [2.45, 2.75) is 37.1 Å². The molecular formula is C17H17F2N2O8PS. The van der Waals surface area contributed by atoms with Gasteiger partial charge in [0.2, 0.25) is 0 Å². The number of alkyl halides is 2. The van der Waals surface area contributed by atoms with Crippen molar-refractivity contribution in [3.05, 3.63) is 62.9 Å². The van der Waals surface area contributed by atoms with E-state index >= 15 is 0 Å². The lowest BCUT2D eigenvalue weighted by Gasteiger charge is -2.34. The first-order valence-corrected chi connectivity index (χ1v) is 11.5. The number of halogens is 2. The highest BCUT2D eigenvalue weighted by Crippen LogP contribution is 2.56. The summed E-state index contributed by atoms with van der Waals surface area (Å²) in [7, 11) is 0. The van der Waals surface area contributed by atoms with Crippen LogP contribution in [0.2, 0.25) is 0 Å². The Labute approximate surface area is 178 Å². The highest BCUT2D eigenvalue weighted by atomic mass is 32.5. The fraction of sp³-hybridized carbons (Fsp3) is 0.412. The molecule has 14 heteroatoms. The zero-order valence-electron chi connectivity index (χ0n) is 15.6. The molecule has 2 aliphatic heterocycles. The number of hydrogen-bond donors (Lipinski definition) is 3. The van der Waals surface area contributed by atoms with Gasteiger partial charge in [0.15, 0.2) is 11.8 Å². The Morgan fingerprint density at radius 2 is 2.06 bits per heavy atom. The molecule has 0 spiro atoms. The summed E-state index contributed by atoms with van der Waals surface area (Å²) in [4.78, 5) is 25.2. The van der Waals surface area contributed by atoms with E-state index in [1.54, 1.807) is 24.3 Å². The Kier molecular flexibility index (Phi) is 5.85. The van der Waals surface area contributed by atoms with Gasteiger partial charge in [-0.1, -0.05) is 18.2 Å². The van der Waals surface area contributed by atoms with Crippen LogP contribution >= 0.6 is 6.72 Å². The average Bonchev–Trinajstić information content (AvgIpc) is 2.98. The highest BCUT2D eigenvalue weighted by Gasteiger charge is 2.61. The van der Waals surface area contributed by atoms with E-state index in [1.807, 2.05) is 4.98 Å². The third-order valence-corrected chi connectivity index (χ3v) is 7.13. The normalized spacial score (nSPS) is 32.6. The number of ether oxygens (including phenoxy) is 1. The molecule has 0 bridgehead atoms. The standard InChI is InChI=1S/C17H17F2N2O8PS/c18-15(19)17(8-27-30(31)26-7-9-3-1-2-4-10(9)29-30)13(24)12(23)14(28-17)21-6-5-11(22)20-16(21)25/h1-6,12-15,23-24H,7-8H2,(H,20,22,25)/t12-,13-,14+,17+,30?/m0/s1. The summed E-state index contributed by atoms with van der Waals surface area (Å²) in [6, 6.07) is 7.75. The summed E-state index contributed by atoms with van der Waals surface area (Å²) < 4.78 is 50.5. The van der Waals surface area contributed by atoms with Gasteiger partial charge in [0.1, 0.15) is 18.0 Å². The molecule has 31 heavy (non-hydrogen) atoms. The molecule has 10 nitrogen and oxygen atoms in total. The topological polar surface area (TPSA) is 132 Å². The number of aromatic nitrogens is 2. The van der Waals surface area contributed by atoms with E-state index in [9.17, 15) is 28.6 Å². The second-order valence-corrected chi connectivity index (χ2v) is 9.85. The number of hydrogen-bond acceptors (Lipinski definition) is 9. The Morgan fingerprint density at radius 3 is 2.77 bits per heavy atom. The van der Waals surface area contributed by atoms with Crippen molar-refractivity contribution in [2.24, 2.45) is 0 Å². The zero-order valence-corrected chi connectivity index (χ0v) is 17.3. The van der Waals surface area contributed by atoms with Gasteiger partial charge >= 0.3 is 12.4 Å². The van der Waals surface area contributed by atoms with Crippen molar-refractivity contribution in [3.8, 4) is 5.75 Å². The minimum absolute atomic E-state index is 0.0383. The Hall–Kier alpha value is -1.99. The largest absolute Gasteiger partial charge is 0.424 e. The number of fused-ring (bicyclic) bond motifs is 1. The van der Waals surface area contributed by atoms with E-state index in [0.717, 1.165) is 12.3 Å². The van der Waals surface area contributed by atoms with E-state index in [-0.39, 0.29) is 6.61 Å². The summed E-state index contributed by atoms with van der Waals surface area (Å²) in [5.41, 5.74) is -3.80. The molecule has 1 aromatic heterocycles. The number of aromatic amines is 1. The molecule has 1 saturated heterocycles. The van der Waals surface area contributed by atoms with Gasteiger partial charge in [-0.3, -0.25) is 23.4 Å². The van der Waals surface area contributed by atoms with Gasteiger partial charge < -0.3 is 19.5 Å². The van der Waals surface area contributed by atoms with Crippen LogP contribution in [-0.4, -0.2) is 50.6 Å². The molecule has 2 aromatic rings. The van der Waals surface area contributed by atoms with Crippen molar-refractivity contribution in [1.29, 1.82) is 0 Å². The van der Waals surface area contributed by atoms with Crippen LogP contribution in [0.5, 0.6) is 5.75 Å². The second kappa shape index (κ2) is 8.17. The molecule has 168 valence electrons. The van der Waals surface area contributed by atoms with Crippen LogP contribution in [0.15, 0.2) is 46.1 Å². The first-order valence-electron chi connectivity index (χ1n) is 8.95. The maximum absolute atomic E-state index is 14.1. The maximum Gasteiger partial charge on any atom is 0.381 e. The number of nitrogens with zero attached hydrogens (tertiary/aromatic N) is 1. The third kappa shape index (κ3) is 3.98. The van der Waals surface area contributed by atoms with Crippen LogP contribution in [0.25, 0.3) is 0 Å². The van der Waals surface area contributed by atoms with Crippen molar-refractivity contribution < 1.29 is 37.3 Å². The molecule has 0 amide bonds. The molecular weight excluding hydrogens is 461 g/mol. The molecule has 3 N–H and O–H groups in total. The van der Waals surface area contributed by atoms with Gasteiger partial charge in [-0.05, 0) is 6.07 Å². The lowest BCUT2D eigenvalue weighted by atomic mass is 9.96. The highest BCUT2D eigenvalue weighted by molar-refractivity contribution is 8.07. The Morgan fingerprint density at radius 1 is 1.32 bits per heavy atom. The predicted octanol–water partition coefficient (Wildman–Crippen LogP) is 0.641. The Balaban J connectivity index is 1.58. The number of aliphatic hydroxyl groups excluding tert-OH is 2. The number of benzene rings is 1. The van der Waals surface area contributed by atoms with Crippen molar-refractivity contribution in [2.75, 3.05) is 6.61 Å². The van der Waals surface area contributed by atoms with Crippen LogP contribution in [0, 0.1) is 0 Å². The van der Waals surface area contributed by atoms with Crippen LogP contribution in [0.3, 0.4) is 0 Å². The second-order valence-electron chi connectivity index (χ2n) is 6.91. The van der Waals surface area contributed by atoms with Crippen molar-refractivity contribution in [3.63, 3.8) is 0 Å². The van der Waals surface area contributed by atoms with Gasteiger partial charge in [0.25, 0.3) is 12.0 Å². The summed E-state index contributed by atoms with van der Waals surface area (Å²) in [5, 5.41) is 20.7. The van der Waals surface area contributed by atoms with Gasteiger partial charge in [0, 0.05) is 29.6 Å². The third-order valence-electron chi connectivity index (χ3n) is 4.96. The maximum atomic E-state index is 14.1. The fourth-order valence-electron chi connectivity index (χ4n) is 3.27. The molecule has 1 unspecified atom stereocenters. The monoisotopic (exact) mass is 478 g/mol. The minimum Gasteiger partial charge on any atom is -0.424 e. The molecule has 4 rings (SSSR count). The van der Waals surface area contributed by atoms with E-state index < -0.39 is 55.0 Å².